The van der Waals surface area contributed by atoms with E-state index in [2.05, 4.69) is 24.3 Å². The molecule has 0 nitrogen and oxygen atoms in total. The molecule has 0 spiro atoms. The zero-order valence-corrected chi connectivity index (χ0v) is 5.03. The fourth-order valence-electron chi connectivity index (χ4n) is 0.542. The normalized spacial score (nSPS) is 16.0. The Hall–Kier alpha value is -0.0265. The van der Waals surface area contributed by atoms with E-state index in [9.17, 15) is 0 Å². The Labute approximate surface area is 54.2 Å². The maximum absolute atomic E-state index is 2.18. The minimum atomic E-state index is 0. The van der Waals surface area contributed by atoms with E-state index in [0.717, 1.165) is 0 Å². The fourth-order valence-corrected chi connectivity index (χ4v) is 0.542. The van der Waals surface area contributed by atoms with E-state index in [0.29, 0.717) is 0 Å². The smallest absolute Gasteiger partial charge is 0 e. The molecule has 0 aliphatic heterocycles. The Bertz CT molecular complexity index is 70.2. The van der Waals surface area contributed by atoms with Crippen molar-refractivity contribution in [2.24, 2.45) is 0 Å². The van der Waals surface area contributed by atoms with Crippen molar-refractivity contribution in [2.75, 3.05) is 0 Å². The third-order valence-electron chi connectivity index (χ3n) is 0.883. The topological polar surface area (TPSA) is 0 Å². The molecule has 0 aromatic rings. The van der Waals surface area contributed by atoms with Crippen LogP contribution < -0.4 is 0 Å². The number of hydrogen-bond acceptors (Lipinski definition) is 0. The van der Waals surface area contributed by atoms with Gasteiger partial charge in [-0.2, -0.15) is 0 Å². The van der Waals surface area contributed by atoms with Gasteiger partial charge in [0.1, 0.15) is 0 Å². The van der Waals surface area contributed by atoms with E-state index in [-0.39, 0.29) is 16.5 Å². The Kier molecular flexibility index (Phi) is 4.13. The van der Waals surface area contributed by atoms with Gasteiger partial charge in [-0.1, -0.05) is 24.3 Å². The van der Waals surface area contributed by atoms with Gasteiger partial charge in [0.25, 0.3) is 0 Å². The second kappa shape index (κ2) is 4.14. The summed E-state index contributed by atoms with van der Waals surface area (Å²) in [5, 5.41) is 0. The van der Waals surface area contributed by atoms with Crippen LogP contribution in [0.4, 0.5) is 0 Å². The van der Waals surface area contributed by atoms with Crippen molar-refractivity contribution in [2.45, 2.75) is 12.8 Å². The zero-order chi connectivity index (χ0) is 4.24. The minimum Gasteiger partial charge on any atom is -0.0842 e. The van der Waals surface area contributed by atoms with E-state index in [1.807, 2.05) is 0 Å². The average molecular weight is 139 g/mol. The van der Waals surface area contributed by atoms with Crippen LogP contribution in [-0.2, 0) is 16.5 Å². The van der Waals surface area contributed by atoms with Gasteiger partial charge >= 0.3 is 0 Å². The van der Waals surface area contributed by atoms with Gasteiger partial charge in [-0.25, -0.2) is 0 Å². The number of allylic oxidation sites excluding steroid dienone is 4. The summed E-state index contributed by atoms with van der Waals surface area (Å²) in [4.78, 5) is 0. The summed E-state index contributed by atoms with van der Waals surface area (Å²) in [5.41, 5.74) is 0. The molecule has 0 saturated heterocycles. The van der Waals surface area contributed by atoms with Crippen LogP contribution in [0.15, 0.2) is 24.3 Å². The van der Waals surface area contributed by atoms with E-state index in [4.69, 9.17) is 0 Å². The van der Waals surface area contributed by atoms with Crippen LogP contribution in [0, 0.1) is 0 Å². The average Bonchev–Trinajstić information content (AvgIpc) is 1.72. The second-order valence-electron chi connectivity index (χ2n) is 1.43. The summed E-state index contributed by atoms with van der Waals surface area (Å²) in [6.07, 6.45) is 11.0. The van der Waals surface area contributed by atoms with Crippen LogP contribution in [0.2, 0.25) is 0 Å². The minimum absolute atomic E-state index is 0. The summed E-state index contributed by atoms with van der Waals surface area (Å²) < 4.78 is 0. The monoisotopic (exact) mass is 138 g/mol. The standard InChI is InChI=1S/C6H8.Ni/c1-2-4-6-5-3-1;/h1-4H,5-6H2;. The summed E-state index contributed by atoms with van der Waals surface area (Å²) in [6, 6.07) is 0. The van der Waals surface area contributed by atoms with E-state index in [1.165, 1.54) is 12.8 Å². The van der Waals surface area contributed by atoms with Crippen LogP contribution in [0.3, 0.4) is 0 Å². The molecule has 0 radical (unpaired) electrons. The van der Waals surface area contributed by atoms with Crippen LogP contribution in [-0.4, -0.2) is 0 Å². The van der Waals surface area contributed by atoms with Crippen molar-refractivity contribution >= 4 is 0 Å². The molecule has 0 aromatic carbocycles. The van der Waals surface area contributed by atoms with Crippen LogP contribution >= 0.6 is 0 Å². The molecule has 1 rings (SSSR count). The predicted molar refractivity (Wildman–Crippen MR) is 27.5 cm³/mol. The Morgan fingerprint density at radius 1 is 0.857 bits per heavy atom. The van der Waals surface area contributed by atoms with Crippen molar-refractivity contribution in [1.82, 2.24) is 0 Å². The van der Waals surface area contributed by atoms with Crippen LogP contribution in [0.1, 0.15) is 12.8 Å². The van der Waals surface area contributed by atoms with Gasteiger partial charge in [0.05, 0.1) is 0 Å². The van der Waals surface area contributed by atoms with Gasteiger partial charge in [0.2, 0.25) is 0 Å². The molecule has 42 valence electrons. The molecular weight excluding hydrogens is 131 g/mol. The molecule has 1 heteroatoms. The molecule has 0 amide bonds. The quantitative estimate of drug-likeness (QED) is 0.449. The molecule has 0 fully saturated rings. The molecule has 1 aliphatic rings. The van der Waals surface area contributed by atoms with Gasteiger partial charge in [-0.05, 0) is 12.8 Å². The van der Waals surface area contributed by atoms with E-state index < -0.39 is 0 Å². The van der Waals surface area contributed by atoms with Gasteiger partial charge in [-0.3, -0.25) is 0 Å². The molecule has 7 heavy (non-hydrogen) atoms. The first-order chi connectivity index (χ1) is 3.00. The largest absolute Gasteiger partial charge is 0.0842 e. The third-order valence-corrected chi connectivity index (χ3v) is 0.883. The summed E-state index contributed by atoms with van der Waals surface area (Å²) in [6.45, 7) is 0. The van der Waals surface area contributed by atoms with E-state index >= 15 is 0 Å². The molecule has 0 unspecified atom stereocenters. The molecule has 0 bridgehead atoms. The Balaban J connectivity index is 0.000000360. The predicted octanol–water partition coefficient (Wildman–Crippen LogP) is 1.89. The van der Waals surface area contributed by atoms with E-state index in [1.54, 1.807) is 0 Å². The van der Waals surface area contributed by atoms with Gasteiger partial charge in [-0.15, -0.1) is 0 Å². The first kappa shape index (κ1) is 6.97. The Morgan fingerprint density at radius 2 is 1.29 bits per heavy atom. The van der Waals surface area contributed by atoms with Crippen molar-refractivity contribution in [3.8, 4) is 0 Å². The molecule has 0 aromatic heterocycles. The maximum Gasteiger partial charge on any atom is 0 e. The van der Waals surface area contributed by atoms with Crippen molar-refractivity contribution in [3.63, 3.8) is 0 Å². The summed E-state index contributed by atoms with van der Waals surface area (Å²) in [5.74, 6) is 0. The first-order valence-corrected chi connectivity index (χ1v) is 2.32. The molecule has 0 atom stereocenters. The van der Waals surface area contributed by atoms with Crippen molar-refractivity contribution in [1.29, 1.82) is 0 Å². The molecule has 0 N–H and O–H groups in total. The molecule has 0 heterocycles. The van der Waals surface area contributed by atoms with Gasteiger partial charge in [0.15, 0.2) is 0 Å². The van der Waals surface area contributed by atoms with Crippen molar-refractivity contribution < 1.29 is 16.5 Å². The number of hydrogen-bond donors (Lipinski definition) is 0. The van der Waals surface area contributed by atoms with Crippen LogP contribution in [0.5, 0.6) is 0 Å². The Morgan fingerprint density at radius 3 is 1.43 bits per heavy atom. The molecular formula is C6H8Ni. The SMILES string of the molecule is C1=CCCC=C1.[Ni]. The van der Waals surface area contributed by atoms with Crippen molar-refractivity contribution in [3.05, 3.63) is 24.3 Å². The fraction of sp³-hybridized carbons (Fsp3) is 0.333. The molecule has 0 saturated carbocycles. The summed E-state index contributed by atoms with van der Waals surface area (Å²) >= 11 is 0. The first-order valence-electron chi connectivity index (χ1n) is 2.32. The molecule has 1 aliphatic carbocycles. The number of rotatable bonds is 0. The third kappa shape index (κ3) is 2.64. The second-order valence-corrected chi connectivity index (χ2v) is 1.43. The maximum atomic E-state index is 2.18. The van der Waals surface area contributed by atoms with Gasteiger partial charge < -0.3 is 0 Å². The zero-order valence-electron chi connectivity index (χ0n) is 4.04. The van der Waals surface area contributed by atoms with Gasteiger partial charge in [0, 0.05) is 16.5 Å². The van der Waals surface area contributed by atoms with Crippen LogP contribution in [0.25, 0.3) is 0 Å². The summed E-state index contributed by atoms with van der Waals surface area (Å²) in [7, 11) is 0.